The molecule has 1 aromatic rings. The molecule has 0 aliphatic carbocycles. The summed E-state index contributed by atoms with van der Waals surface area (Å²) >= 11 is 0. The number of aliphatic hydroxyl groups is 1. The van der Waals surface area contributed by atoms with Crippen LogP contribution >= 0.6 is 0 Å². The Bertz CT molecular complexity index is 554. The van der Waals surface area contributed by atoms with Gasteiger partial charge in [0.2, 0.25) is 0 Å². The van der Waals surface area contributed by atoms with Gasteiger partial charge in [0.1, 0.15) is 0 Å². The standard InChI is InChI=1S/C23H42N2O4/c1-6-10-25-16-21(26)20(24)15-19(17(2)3)13-18-8-9-22(28-5)23(14-18)29-12-7-11-27-4/h8-9,14,17,19-21,25-26H,6-7,10-13,15-16,24H2,1-5H3/t19-,20-,21-/m0/s1. The van der Waals surface area contributed by atoms with Crippen LogP contribution in [-0.2, 0) is 11.2 Å². The molecular weight excluding hydrogens is 368 g/mol. The highest BCUT2D eigenvalue weighted by molar-refractivity contribution is 5.43. The fraction of sp³-hybridized carbons (Fsp3) is 0.739. The molecule has 0 aliphatic rings. The van der Waals surface area contributed by atoms with Crippen LogP contribution in [0.25, 0.3) is 0 Å². The summed E-state index contributed by atoms with van der Waals surface area (Å²) in [5.41, 5.74) is 7.51. The molecule has 1 rings (SSSR count). The van der Waals surface area contributed by atoms with Crippen molar-refractivity contribution in [2.24, 2.45) is 17.6 Å². The Hall–Kier alpha value is -1.34. The SMILES string of the molecule is CCCNC[C@H](O)[C@@H](N)C[C@H](Cc1ccc(OC)c(OCCCOC)c1)C(C)C. The Kier molecular flexibility index (Phi) is 12.9. The normalized spacial score (nSPS) is 14.6. The number of nitrogens with one attached hydrogen (secondary N) is 1. The van der Waals surface area contributed by atoms with E-state index in [1.54, 1.807) is 14.2 Å². The second-order valence-electron chi connectivity index (χ2n) is 8.06. The molecule has 1 aromatic carbocycles. The number of rotatable bonds is 16. The monoisotopic (exact) mass is 410 g/mol. The molecule has 0 heterocycles. The molecule has 0 aromatic heterocycles. The fourth-order valence-corrected chi connectivity index (χ4v) is 3.32. The Morgan fingerprint density at radius 1 is 1.14 bits per heavy atom. The topological polar surface area (TPSA) is 86.0 Å². The molecule has 168 valence electrons. The summed E-state index contributed by atoms with van der Waals surface area (Å²) in [6.45, 7) is 9.24. The van der Waals surface area contributed by atoms with Crippen molar-refractivity contribution in [3.05, 3.63) is 23.8 Å². The smallest absolute Gasteiger partial charge is 0.161 e. The third-order valence-electron chi connectivity index (χ3n) is 5.27. The predicted octanol–water partition coefficient (Wildman–Crippen LogP) is 3.00. The number of methoxy groups -OCH3 is 2. The molecule has 6 nitrogen and oxygen atoms in total. The molecule has 0 unspecified atom stereocenters. The van der Waals surface area contributed by atoms with E-state index in [-0.39, 0.29) is 6.04 Å². The molecule has 0 saturated heterocycles. The van der Waals surface area contributed by atoms with E-state index in [4.69, 9.17) is 19.9 Å². The molecule has 0 aliphatic heterocycles. The van der Waals surface area contributed by atoms with Crippen LogP contribution in [0.5, 0.6) is 11.5 Å². The van der Waals surface area contributed by atoms with Crippen LogP contribution in [0, 0.1) is 11.8 Å². The van der Waals surface area contributed by atoms with Crippen LogP contribution in [0.2, 0.25) is 0 Å². The number of aliphatic hydroxyl groups excluding tert-OH is 1. The van der Waals surface area contributed by atoms with Gasteiger partial charge in [-0.15, -0.1) is 0 Å². The molecule has 29 heavy (non-hydrogen) atoms. The zero-order chi connectivity index (χ0) is 21.6. The number of nitrogens with two attached hydrogens (primary N) is 1. The van der Waals surface area contributed by atoms with Crippen molar-refractivity contribution in [3.63, 3.8) is 0 Å². The average molecular weight is 411 g/mol. The number of benzene rings is 1. The van der Waals surface area contributed by atoms with Crippen molar-refractivity contribution >= 4 is 0 Å². The lowest BCUT2D eigenvalue weighted by Gasteiger charge is -2.27. The van der Waals surface area contributed by atoms with E-state index in [2.05, 4.69) is 38.2 Å². The van der Waals surface area contributed by atoms with Gasteiger partial charge in [0, 0.05) is 32.7 Å². The lowest BCUT2D eigenvalue weighted by atomic mass is 9.83. The number of ether oxygens (including phenoxy) is 3. The lowest BCUT2D eigenvalue weighted by molar-refractivity contribution is 0.124. The van der Waals surface area contributed by atoms with Crippen molar-refractivity contribution in [1.82, 2.24) is 5.32 Å². The highest BCUT2D eigenvalue weighted by Gasteiger charge is 2.23. The quantitative estimate of drug-likeness (QED) is 0.363. The minimum absolute atomic E-state index is 0.241. The Morgan fingerprint density at radius 3 is 2.52 bits per heavy atom. The maximum atomic E-state index is 10.4. The van der Waals surface area contributed by atoms with Crippen molar-refractivity contribution in [3.8, 4) is 11.5 Å². The molecule has 6 heteroatoms. The van der Waals surface area contributed by atoms with Crippen LogP contribution in [0.4, 0.5) is 0 Å². The van der Waals surface area contributed by atoms with Crippen molar-refractivity contribution in [2.75, 3.05) is 40.5 Å². The van der Waals surface area contributed by atoms with Gasteiger partial charge < -0.3 is 30.4 Å². The molecule has 0 radical (unpaired) electrons. The van der Waals surface area contributed by atoms with Gasteiger partial charge in [-0.1, -0.05) is 26.8 Å². The summed E-state index contributed by atoms with van der Waals surface area (Å²) in [6.07, 6.45) is 3.02. The zero-order valence-corrected chi connectivity index (χ0v) is 18.9. The van der Waals surface area contributed by atoms with Crippen molar-refractivity contribution < 1.29 is 19.3 Å². The Labute approximate surface area is 177 Å². The third-order valence-corrected chi connectivity index (χ3v) is 5.27. The summed E-state index contributed by atoms with van der Waals surface area (Å²) in [5, 5.41) is 13.6. The van der Waals surface area contributed by atoms with E-state index < -0.39 is 6.10 Å². The van der Waals surface area contributed by atoms with Crippen LogP contribution < -0.4 is 20.5 Å². The van der Waals surface area contributed by atoms with Crippen molar-refractivity contribution in [1.29, 1.82) is 0 Å². The second-order valence-corrected chi connectivity index (χ2v) is 8.06. The summed E-state index contributed by atoms with van der Waals surface area (Å²) in [4.78, 5) is 0. The largest absolute Gasteiger partial charge is 0.493 e. The predicted molar refractivity (Wildman–Crippen MR) is 119 cm³/mol. The summed E-state index contributed by atoms with van der Waals surface area (Å²) in [5.74, 6) is 2.34. The van der Waals surface area contributed by atoms with Crippen molar-refractivity contribution in [2.45, 2.75) is 58.6 Å². The molecule has 0 saturated carbocycles. The Balaban J connectivity index is 2.74. The molecular formula is C23H42N2O4. The van der Waals surface area contributed by atoms with E-state index in [0.717, 1.165) is 43.7 Å². The summed E-state index contributed by atoms with van der Waals surface area (Å²) in [7, 11) is 3.34. The average Bonchev–Trinajstić information content (AvgIpc) is 2.70. The maximum Gasteiger partial charge on any atom is 0.161 e. The van der Waals surface area contributed by atoms with Gasteiger partial charge >= 0.3 is 0 Å². The van der Waals surface area contributed by atoms with E-state index in [1.165, 1.54) is 5.56 Å². The molecule has 0 fully saturated rings. The van der Waals surface area contributed by atoms with Crippen LogP contribution in [0.15, 0.2) is 18.2 Å². The fourth-order valence-electron chi connectivity index (χ4n) is 3.32. The highest BCUT2D eigenvalue weighted by Crippen LogP contribution is 2.31. The number of hydrogen-bond donors (Lipinski definition) is 3. The van der Waals surface area contributed by atoms with Gasteiger partial charge in [-0.3, -0.25) is 0 Å². The van der Waals surface area contributed by atoms with Gasteiger partial charge in [-0.25, -0.2) is 0 Å². The zero-order valence-electron chi connectivity index (χ0n) is 18.9. The molecule has 0 bridgehead atoms. The first-order chi connectivity index (χ1) is 13.9. The van der Waals surface area contributed by atoms with Gasteiger partial charge in [0.05, 0.1) is 19.8 Å². The van der Waals surface area contributed by atoms with Crippen LogP contribution in [0.1, 0.15) is 45.6 Å². The van der Waals surface area contributed by atoms with Crippen LogP contribution in [0.3, 0.4) is 0 Å². The first-order valence-electron chi connectivity index (χ1n) is 10.9. The van der Waals surface area contributed by atoms with E-state index in [0.29, 0.717) is 31.6 Å². The second kappa shape index (κ2) is 14.6. The molecule has 0 amide bonds. The number of hydrogen-bond acceptors (Lipinski definition) is 6. The maximum absolute atomic E-state index is 10.4. The summed E-state index contributed by atoms with van der Waals surface area (Å²) in [6, 6.07) is 5.86. The first kappa shape index (κ1) is 25.7. The highest BCUT2D eigenvalue weighted by atomic mass is 16.5. The van der Waals surface area contributed by atoms with E-state index >= 15 is 0 Å². The minimum atomic E-state index is -0.529. The Morgan fingerprint density at radius 2 is 1.90 bits per heavy atom. The van der Waals surface area contributed by atoms with E-state index in [1.807, 2.05) is 6.07 Å². The molecule has 3 atom stereocenters. The molecule has 4 N–H and O–H groups in total. The van der Waals surface area contributed by atoms with Gasteiger partial charge in [-0.2, -0.15) is 0 Å². The van der Waals surface area contributed by atoms with Crippen LogP contribution in [-0.4, -0.2) is 57.8 Å². The van der Waals surface area contributed by atoms with Gasteiger partial charge in [0.15, 0.2) is 11.5 Å². The first-order valence-corrected chi connectivity index (χ1v) is 10.9. The molecule has 0 spiro atoms. The summed E-state index contributed by atoms with van der Waals surface area (Å²) < 4.78 is 16.4. The van der Waals surface area contributed by atoms with E-state index in [9.17, 15) is 5.11 Å². The van der Waals surface area contributed by atoms with Gasteiger partial charge in [-0.05, 0) is 55.3 Å². The van der Waals surface area contributed by atoms with Gasteiger partial charge in [0.25, 0.3) is 0 Å². The minimum Gasteiger partial charge on any atom is -0.493 e. The lowest BCUT2D eigenvalue weighted by Crippen LogP contribution is -2.43. The third kappa shape index (κ3) is 9.81.